The Balaban J connectivity index is 1.71. The first-order valence-corrected chi connectivity index (χ1v) is 7.57. The molecule has 2 saturated heterocycles. The summed E-state index contributed by atoms with van der Waals surface area (Å²) in [5, 5.41) is 3.38. The van der Waals surface area contributed by atoms with Crippen LogP contribution in [0.2, 0.25) is 0 Å². The zero-order chi connectivity index (χ0) is 14.0. The Hall–Kier alpha value is -1.16. The highest BCUT2D eigenvalue weighted by atomic mass is 19.3. The van der Waals surface area contributed by atoms with E-state index in [-0.39, 0.29) is 12.8 Å². The average Bonchev–Trinajstić information content (AvgIpc) is 2.48. The second-order valence-electron chi connectivity index (χ2n) is 5.96. The molecule has 2 aliphatic heterocycles. The van der Waals surface area contributed by atoms with Gasteiger partial charge in [-0.25, -0.2) is 8.78 Å². The van der Waals surface area contributed by atoms with E-state index in [9.17, 15) is 8.78 Å². The predicted octanol–water partition coefficient (Wildman–Crippen LogP) is 3.39. The van der Waals surface area contributed by atoms with Crippen LogP contribution < -0.4 is 10.2 Å². The van der Waals surface area contributed by atoms with Crippen LogP contribution in [0.15, 0.2) is 24.3 Å². The number of alkyl halides is 2. The molecule has 2 nitrogen and oxygen atoms in total. The second-order valence-corrected chi connectivity index (χ2v) is 5.96. The van der Waals surface area contributed by atoms with Gasteiger partial charge < -0.3 is 10.2 Å². The minimum Gasteiger partial charge on any atom is -0.371 e. The molecular weight excluding hydrogens is 258 g/mol. The van der Waals surface area contributed by atoms with E-state index in [1.807, 2.05) is 6.07 Å². The van der Waals surface area contributed by atoms with Crippen LogP contribution in [0.5, 0.6) is 0 Å². The summed E-state index contributed by atoms with van der Waals surface area (Å²) in [5.41, 5.74) is 2.47. The number of hydrogen-bond donors (Lipinski definition) is 1. The van der Waals surface area contributed by atoms with E-state index in [0.717, 1.165) is 18.8 Å². The Kier molecular flexibility index (Phi) is 3.92. The van der Waals surface area contributed by atoms with Crippen LogP contribution in [0.3, 0.4) is 0 Å². The largest absolute Gasteiger partial charge is 0.371 e. The second kappa shape index (κ2) is 5.68. The molecule has 2 fully saturated rings. The molecule has 4 heteroatoms. The number of halogens is 2. The summed E-state index contributed by atoms with van der Waals surface area (Å²) in [6.45, 7) is 3.07. The van der Waals surface area contributed by atoms with Gasteiger partial charge in [0.1, 0.15) is 0 Å². The smallest absolute Gasteiger partial charge is 0.251 e. The summed E-state index contributed by atoms with van der Waals surface area (Å²) in [5.74, 6) is -1.86. The fraction of sp³-hybridized carbons (Fsp3) is 0.625. The maximum atomic E-state index is 13.2. The Labute approximate surface area is 119 Å². The zero-order valence-electron chi connectivity index (χ0n) is 11.7. The molecule has 0 atom stereocenters. The Morgan fingerprint density at radius 1 is 1.10 bits per heavy atom. The van der Waals surface area contributed by atoms with E-state index in [1.54, 1.807) is 0 Å². The van der Waals surface area contributed by atoms with Gasteiger partial charge in [-0.15, -0.1) is 0 Å². The highest BCUT2D eigenvalue weighted by Crippen LogP contribution is 2.32. The summed E-state index contributed by atoms with van der Waals surface area (Å²) in [6, 6.07) is 8.50. The third-order valence-electron chi connectivity index (χ3n) is 4.54. The molecule has 1 N–H and O–H groups in total. The third kappa shape index (κ3) is 3.11. The number of nitrogens with one attached hydrogen (secondary N) is 1. The number of anilines is 1. The van der Waals surface area contributed by atoms with Crippen LogP contribution in [0.1, 0.15) is 37.2 Å². The third-order valence-corrected chi connectivity index (χ3v) is 4.54. The van der Waals surface area contributed by atoms with Gasteiger partial charge in [0, 0.05) is 31.6 Å². The summed E-state index contributed by atoms with van der Waals surface area (Å²) in [6.07, 6.45) is 2.29. The Bertz CT molecular complexity index is 446. The molecule has 0 amide bonds. The zero-order valence-corrected chi connectivity index (χ0v) is 11.7. The van der Waals surface area contributed by atoms with Crippen LogP contribution in [0.4, 0.5) is 14.5 Å². The van der Waals surface area contributed by atoms with Gasteiger partial charge in [0.25, 0.3) is 5.92 Å². The van der Waals surface area contributed by atoms with Crippen molar-refractivity contribution in [3.05, 3.63) is 29.8 Å². The average molecular weight is 280 g/mol. The van der Waals surface area contributed by atoms with E-state index >= 15 is 0 Å². The van der Waals surface area contributed by atoms with Gasteiger partial charge in [-0.1, -0.05) is 12.1 Å². The maximum absolute atomic E-state index is 13.2. The van der Waals surface area contributed by atoms with E-state index in [1.165, 1.54) is 18.4 Å². The summed E-state index contributed by atoms with van der Waals surface area (Å²) >= 11 is 0. The van der Waals surface area contributed by atoms with E-state index < -0.39 is 5.92 Å². The monoisotopic (exact) mass is 280 g/mol. The highest BCUT2D eigenvalue weighted by molar-refractivity contribution is 5.50. The molecule has 20 heavy (non-hydrogen) atoms. The molecule has 1 aromatic rings. The molecule has 0 aromatic heterocycles. The maximum Gasteiger partial charge on any atom is 0.251 e. The molecule has 0 spiro atoms. The fourth-order valence-electron chi connectivity index (χ4n) is 3.22. The molecule has 3 rings (SSSR count). The van der Waals surface area contributed by atoms with Gasteiger partial charge in [0.15, 0.2) is 0 Å². The molecule has 2 heterocycles. The summed E-state index contributed by atoms with van der Waals surface area (Å²) < 4.78 is 26.5. The van der Waals surface area contributed by atoms with Crippen LogP contribution in [0, 0.1) is 0 Å². The van der Waals surface area contributed by atoms with Crippen molar-refractivity contribution in [3.63, 3.8) is 0 Å². The number of benzene rings is 1. The summed E-state index contributed by atoms with van der Waals surface area (Å²) in [7, 11) is 0. The van der Waals surface area contributed by atoms with Gasteiger partial charge >= 0.3 is 0 Å². The topological polar surface area (TPSA) is 15.3 Å². The van der Waals surface area contributed by atoms with Crippen molar-refractivity contribution in [2.75, 3.05) is 31.1 Å². The van der Waals surface area contributed by atoms with E-state index in [2.05, 4.69) is 28.4 Å². The highest BCUT2D eigenvalue weighted by Gasteiger charge is 2.34. The van der Waals surface area contributed by atoms with Crippen molar-refractivity contribution in [2.45, 2.75) is 37.5 Å². The van der Waals surface area contributed by atoms with Crippen LogP contribution in [-0.4, -0.2) is 32.1 Å². The van der Waals surface area contributed by atoms with Crippen molar-refractivity contribution < 1.29 is 8.78 Å². The van der Waals surface area contributed by atoms with E-state index in [0.29, 0.717) is 19.0 Å². The van der Waals surface area contributed by atoms with E-state index in [4.69, 9.17) is 0 Å². The first-order valence-electron chi connectivity index (χ1n) is 7.57. The standard InChI is InChI=1S/C16H22F2N2/c17-16(18)6-10-20(11-7-16)15-3-1-2-14(12-15)13-4-8-19-9-5-13/h1-3,12-13,19H,4-11H2. The van der Waals surface area contributed by atoms with Crippen LogP contribution >= 0.6 is 0 Å². The minimum atomic E-state index is -2.47. The minimum absolute atomic E-state index is 0.0232. The lowest BCUT2D eigenvalue weighted by atomic mass is 9.90. The molecule has 0 radical (unpaired) electrons. The SMILES string of the molecule is FC1(F)CCN(c2cccc(C3CCNCC3)c2)CC1. The number of piperidine rings is 2. The molecule has 2 aliphatic rings. The number of hydrogen-bond acceptors (Lipinski definition) is 2. The van der Waals surface area contributed by atoms with Crippen LogP contribution in [-0.2, 0) is 0 Å². The molecule has 0 saturated carbocycles. The van der Waals surface area contributed by atoms with Crippen LogP contribution in [0.25, 0.3) is 0 Å². The Morgan fingerprint density at radius 2 is 1.80 bits per heavy atom. The lowest BCUT2D eigenvalue weighted by Crippen LogP contribution is -2.39. The van der Waals surface area contributed by atoms with Gasteiger partial charge in [-0.2, -0.15) is 0 Å². The quantitative estimate of drug-likeness (QED) is 0.893. The van der Waals surface area contributed by atoms with Gasteiger partial charge in [0.05, 0.1) is 0 Å². The predicted molar refractivity (Wildman–Crippen MR) is 77.7 cm³/mol. The fourth-order valence-corrected chi connectivity index (χ4v) is 3.22. The van der Waals surface area contributed by atoms with Crippen molar-refractivity contribution in [3.8, 4) is 0 Å². The molecule has 0 unspecified atom stereocenters. The first kappa shape index (κ1) is 13.8. The van der Waals surface area contributed by atoms with Crippen molar-refractivity contribution in [1.82, 2.24) is 5.32 Å². The molecule has 1 aromatic carbocycles. The van der Waals surface area contributed by atoms with Gasteiger partial charge in [-0.3, -0.25) is 0 Å². The molecule has 0 aliphatic carbocycles. The van der Waals surface area contributed by atoms with Crippen molar-refractivity contribution >= 4 is 5.69 Å². The lowest BCUT2D eigenvalue weighted by Gasteiger charge is -2.34. The molecular formula is C16H22F2N2. The Morgan fingerprint density at radius 3 is 2.50 bits per heavy atom. The van der Waals surface area contributed by atoms with Gasteiger partial charge in [-0.05, 0) is 49.5 Å². The first-order chi connectivity index (χ1) is 9.64. The molecule has 0 bridgehead atoms. The number of rotatable bonds is 2. The normalized spacial score (nSPS) is 23.8. The van der Waals surface area contributed by atoms with Crippen molar-refractivity contribution in [1.29, 1.82) is 0 Å². The van der Waals surface area contributed by atoms with Crippen molar-refractivity contribution in [2.24, 2.45) is 0 Å². The summed E-state index contributed by atoms with van der Waals surface area (Å²) in [4.78, 5) is 2.10. The number of nitrogens with zero attached hydrogens (tertiary/aromatic N) is 1. The van der Waals surface area contributed by atoms with Gasteiger partial charge in [0.2, 0.25) is 0 Å². The molecule has 110 valence electrons. The lowest BCUT2D eigenvalue weighted by molar-refractivity contribution is -0.0220.